The molecular formula is C17H24N4O2S2. The van der Waals surface area contributed by atoms with Crippen molar-refractivity contribution in [3.8, 4) is 10.7 Å². The van der Waals surface area contributed by atoms with Crippen LogP contribution in [0.2, 0.25) is 0 Å². The number of nitrogens with zero attached hydrogens (tertiary/aromatic N) is 2. The lowest BCUT2D eigenvalue weighted by molar-refractivity contribution is -0.122. The summed E-state index contributed by atoms with van der Waals surface area (Å²) in [5.41, 5.74) is -0.220. The zero-order valence-electron chi connectivity index (χ0n) is 14.3. The van der Waals surface area contributed by atoms with Crippen molar-refractivity contribution in [2.75, 3.05) is 6.54 Å². The van der Waals surface area contributed by atoms with Gasteiger partial charge >= 0.3 is 0 Å². The molecule has 0 saturated heterocycles. The van der Waals surface area contributed by atoms with Crippen molar-refractivity contribution in [2.45, 2.75) is 51.7 Å². The molecule has 1 fully saturated rings. The monoisotopic (exact) mass is 380 g/mol. The van der Waals surface area contributed by atoms with Crippen LogP contribution in [0.25, 0.3) is 10.7 Å². The third kappa shape index (κ3) is 4.19. The van der Waals surface area contributed by atoms with E-state index in [1.807, 2.05) is 22.1 Å². The summed E-state index contributed by atoms with van der Waals surface area (Å²) in [5.74, 6) is 0.738. The maximum atomic E-state index is 12.3. The van der Waals surface area contributed by atoms with Crippen molar-refractivity contribution >= 4 is 29.5 Å². The molecular weight excluding hydrogens is 356 g/mol. The van der Waals surface area contributed by atoms with E-state index in [2.05, 4.69) is 22.4 Å². The van der Waals surface area contributed by atoms with E-state index in [1.54, 1.807) is 11.3 Å². The van der Waals surface area contributed by atoms with Crippen molar-refractivity contribution in [2.24, 2.45) is 5.41 Å². The van der Waals surface area contributed by atoms with Crippen LogP contribution in [0, 0.1) is 10.2 Å². The number of amides is 1. The zero-order chi connectivity index (χ0) is 17.9. The van der Waals surface area contributed by atoms with Crippen LogP contribution in [0.15, 0.2) is 17.5 Å². The third-order valence-corrected chi connectivity index (χ3v) is 6.21. The van der Waals surface area contributed by atoms with Crippen molar-refractivity contribution < 1.29 is 9.90 Å². The highest BCUT2D eigenvalue weighted by Crippen LogP contribution is 2.35. The van der Waals surface area contributed by atoms with E-state index in [9.17, 15) is 9.90 Å². The van der Waals surface area contributed by atoms with Gasteiger partial charge in [-0.05, 0) is 36.5 Å². The number of nitrogens with one attached hydrogen (secondary N) is 2. The first-order valence-corrected chi connectivity index (χ1v) is 9.92. The Morgan fingerprint density at radius 1 is 1.60 bits per heavy atom. The molecule has 1 amide bonds. The number of H-pyrrole nitrogens is 1. The van der Waals surface area contributed by atoms with Crippen LogP contribution in [-0.2, 0) is 11.3 Å². The summed E-state index contributed by atoms with van der Waals surface area (Å²) in [6.07, 6.45) is 3.93. The SMILES string of the molecule is C[C@]1(CNC(=O)CCn2c(-c3cccs3)n[nH]c2=S)CCCC[C@H]1O. The Hall–Kier alpha value is -1.51. The molecule has 0 radical (unpaired) electrons. The van der Waals surface area contributed by atoms with Gasteiger partial charge in [-0.15, -0.1) is 11.3 Å². The van der Waals surface area contributed by atoms with Gasteiger partial charge < -0.3 is 10.4 Å². The summed E-state index contributed by atoms with van der Waals surface area (Å²) < 4.78 is 2.38. The number of aliphatic hydroxyl groups is 1. The number of hydrogen-bond donors (Lipinski definition) is 3. The van der Waals surface area contributed by atoms with Gasteiger partial charge in [0.1, 0.15) is 0 Å². The average Bonchev–Trinajstić information content (AvgIpc) is 3.24. The standard InChI is InChI=1S/C17H24N4O2S2/c1-17(8-3-2-6-13(17)22)11-18-14(23)7-9-21-15(19-20-16(21)24)12-5-4-10-25-12/h4-5,10,13,22H,2-3,6-9,11H2,1H3,(H,18,23)(H,20,24)/t13-,17-/m1/s1. The molecule has 25 heavy (non-hydrogen) atoms. The van der Waals surface area contributed by atoms with Crippen LogP contribution in [0.1, 0.15) is 39.0 Å². The van der Waals surface area contributed by atoms with Crippen LogP contribution in [0.3, 0.4) is 0 Å². The predicted molar refractivity (Wildman–Crippen MR) is 101 cm³/mol. The number of carbonyl (C=O) groups excluding carboxylic acids is 1. The molecule has 3 rings (SSSR count). The number of aromatic amines is 1. The van der Waals surface area contributed by atoms with Crippen molar-refractivity contribution in [1.29, 1.82) is 0 Å². The largest absolute Gasteiger partial charge is 0.392 e. The molecule has 0 spiro atoms. The Kier molecular flexibility index (Phi) is 5.71. The zero-order valence-corrected chi connectivity index (χ0v) is 16.0. The molecule has 0 bridgehead atoms. The molecule has 0 unspecified atom stereocenters. The highest BCUT2D eigenvalue weighted by molar-refractivity contribution is 7.71. The molecule has 8 heteroatoms. The molecule has 1 aliphatic carbocycles. The van der Waals surface area contributed by atoms with E-state index in [4.69, 9.17) is 12.2 Å². The Labute approximate surface area is 156 Å². The van der Waals surface area contributed by atoms with E-state index in [1.165, 1.54) is 0 Å². The first-order chi connectivity index (χ1) is 12.0. The van der Waals surface area contributed by atoms with Gasteiger partial charge in [-0.2, -0.15) is 5.10 Å². The van der Waals surface area contributed by atoms with Crippen LogP contribution in [0.4, 0.5) is 0 Å². The summed E-state index contributed by atoms with van der Waals surface area (Å²) in [6, 6.07) is 3.95. The first kappa shape index (κ1) is 18.3. The highest BCUT2D eigenvalue weighted by Gasteiger charge is 2.35. The van der Waals surface area contributed by atoms with E-state index in [0.717, 1.165) is 36.4 Å². The first-order valence-electron chi connectivity index (χ1n) is 8.63. The van der Waals surface area contributed by atoms with E-state index >= 15 is 0 Å². The minimum absolute atomic E-state index is 0.0285. The molecule has 6 nitrogen and oxygen atoms in total. The van der Waals surface area contributed by atoms with Crippen LogP contribution in [0.5, 0.6) is 0 Å². The van der Waals surface area contributed by atoms with Gasteiger partial charge in [-0.25, -0.2) is 0 Å². The fourth-order valence-corrected chi connectivity index (χ4v) is 4.25. The molecule has 2 heterocycles. The molecule has 1 saturated carbocycles. The van der Waals surface area contributed by atoms with Crippen molar-refractivity contribution in [3.63, 3.8) is 0 Å². The second kappa shape index (κ2) is 7.80. The number of aliphatic hydroxyl groups excluding tert-OH is 1. The Morgan fingerprint density at radius 2 is 2.44 bits per heavy atom. The minimum atomic E-state index is -0.338. The van der Waals surface area contributed by atoms with Gasteiger partial charge in [0.15, 0.2) is 10.6 Å². The normalized spacial score (nSPS) is 23.5. The summed E-state index contributed by atoms with van der Waals surface area (Å²) in [7, 11) is 0. The average molecular weight is 381 g/mol. The number of hydrogen-bond acceptors (Lipinski definition) is 5. The smallest absolute Gasteiger partial charge is 0.221 e. The van der Waals surface area contributed by atoms with Crippen LogP contribution < -0.4 is 5.32 Å². The second-order valence-electron chi connectivity index (χ2n) is 6.92. The summed E-state index contributed by atoms with van der Waals surface area (Å²) >= 11 is 6.87. The van der Waals surface area contributed by atoms with Gasteiger partial charge in [-0.1, -0.05) is 25.8 Å². The molecule has 0 aromatic carbocycles. The molecule has 1 aliphatic rings. The second-order valence-corrected chi connectivity index (χ2v) is 8.26. The molecule has 0 aliphatic heterocycles. The van der Waals surface area contributed by atoms with Crippen molar-refractivity contribution in [1.82, 2.24) is 20.1 Å². The lowest BCUT2D eigenvalue weighted by Crippen LogP contribution is -2.45. The molecule has 136 valence electrons. The van der Waals surface area contributed by atoms with Gasteiger partial charge in [0, 0.05) is 24.9 Å². The van der Waals surface area contributed by atoms with Gasteiger partial charge in [0.25, 0.3) is 0 Å². The fraction of sp³-hybridized carbons (Fsp3) is 0.588. The topological polar surface area (TPSA) is 82.9 Å². The minimum Gasteiger partial charge on any atom is -0.392 e. The summed E-state index contributed by atoms with van der Waals surface area (Å²) in [5, 5.41) is 22.3. The Bertz CT molecular complexity index is 768. The highest BCUT2D eigenvalue weighted by atomic mass is 32.1. The number of aromatic nitrogens is 3. The van der Waals surface area contributed by atoms with Crippen LogP contribution >= 0.6 is 23.6 Å². The molecule has 2 atom stereocenters. The lowest BCUT2D eigenvalue weighted by atomic mass is 9.73. The summed E-state index contributed by atoms with van der Waals surface area (Å²) in [6.45, 7) is 3.05. The number of thiophene rings is 1. The summed E-state index contributed by atoms with van der Waals surface area (Å²) in [4.78, 5) is 13.3. The Balaban J connectivity index is 1.57. The maximum Gasteiger partial charge on any atom is 0.221 e. The van der Waals surface area contributed by atoms with E-state index in [0.29, 0.717) is 24.3 Å². The van der Waals surface area contributed by atoms with Gasteiger partial charge in [0.2, 0.25) is 5.91 Å². The fourth-order valence-electron chi connectivity index (χ4n) is 3.31. The van der Waals surface area contributed by atoms with Gasteiger partial charge in [-0.3, -0.25) is 14.5 Å². The van der Waals surface area contributed by atoms with Gasteiger partial charge in [0.05, 0.1) is 11.0 Å². The molecule has 2 aromatic heterocycles. The molecule has 3 N–H and O–H groups in total. The van der Waals surface area contributed by atoms with Crippen LogP contribution in [-0.4, -0.2) is 38.4 Å². The number of carbonyl (C=O) groups is 1. The third-order valence-electron chi connectivity index (χ3n) is 5.03. The Morgan fingerprint density at radius 3 is 3.16 bits per heavy atom. The maximum absolute atomic E-state index is 12.3. The van der Waals surface area contributed by atoms with E-state index < -0.39 is 0 Å². The predicted octanol–water partition coefficient (Wildman–Crippen LogP) is 3.12. The van der Waals surface area contributed by atoms with E-state index in [-0.39, 0.29) is 17.4 Å². The molecule has 2 aromatic rings. The quantitative estimate of drug-likeness (QED) is 0.673. The number of rotatable bonds is 6. The lowest BCUT2D eigenvalue weighted by Gasteiger charge is -2.38. The van der Waals surface area contributed by atoms with Crippen molar-refractivity contribution in [3.05, 3.63) is 22.3 Å².